The van der Waals surface area contributed by atoms with E-state index in [4.69, 9.17) is 16.3 Å². The van der Waals surface area contributed by atoms with Crippen molar-refractivity contribution in [2.24, 2.45) is 5.92 Å². The second-order valence-corrected chi connectivity index (χ2v) is 10.9. The van der Waals surface area contributed by atoms with E-state index in [1.807, 2.05) is 13.0 Å². The van der Waals surface area contributed by atoms with Crippen LogP contribution in [0.15, 0.2) is 35.2 Å². The summed E-state index contributed by atoms with van der Waals surface area (Å²) in [4.78, 5) is 24.8. The third-order valence-electron chi connectivity index (χ3n) is 5.96. The second kappa shape index (κ2) is 8.96. The molecule has 0 aliphatic carbocycles. The Morgan fingerprint density at radius 3 is 2.73 bits per heavy atom. The minimum absolute atomic E-state index is 0.0716. The SMILES string of the molecule is Cc1ccc(NC(=O)[C@H]2CCCN(S(=O)(=O)c3cc4c(cc3C)NC(=O)[C@H](C)O4)C2)c(Cl)c1. The summed E-state index contributed by atoms with van der Waals surface area (Å²) in [5, 5.41) is 5.99. The summed E-state index contributed by atoms with van der Waals surface area (Å²) in [6.45, 7) is 5.57. The van der Waals surface area contributed by atoms with Crippen LogP contribution in [0.1, 0.15) is 30.9 Å². The maximum atomic E-state index is 13.5. The summed E-state index contributed by atoms with van der Waals surface area (Å²) in [5.41, 5.74) is 2.42. The average molecular weight is 492 g/mol. The zero-order valence-electron chi connectivity index (χ0n) is 18.6. The summed E-state index contributed by atoms with van der Waals surface area (Å²) in [7, 11) is -3.88. The first kappa shape index (κ1) is 23.5. The van der Waals surface area contributed by atoms with Gasteiger partial charge in [-0.3, -0.25) is 9.59 Å². The lowest BCUT2D eigenvalue weighted by Gasteiger charge is -2.32. The van der Waals surface area contributed by atoms with E-state index in [0.717, 1.165) is 5.56 Å². The van der Waals surface area contributed by atoms with Crippen LogP contribution in [0.3, 0.4) is 0 Å². The normalized spacial score (nSPS) is 21.0. The van der Waals surface area contributed by atoms with Crippen molar-refractivity contribution in [1.29, 1.82) is 0 Å². The minimum atomic E-state index is -3.88. The van der Waals surface area contributed by atoms with Gasteiger partial charge in [0.2, 0.25) is 15.9 Å². The fourth-order valence-corrected chi connectivity index (χ4v) is 6.12. The summed E-state index contributed by atoms with van der Waals surface area (Å²) in [6.07, 6.45) is 0.427. The van der Waals surface area contributed by atoms with Crippen LogP contribution in [-0.2, 0) is 19.6 Å². The molecule has 0 saturated carbocycles. The Bertz CT molecular complexity index is 1230. The fraction of sp³-hybridized carbons (Fsp3) is 0.391. The molecule has 0 spiro atoms. The van der Waals surface area contributed by atoms with Gasteiger partial charge in [-0.15, -0.1) is 0 Å². The van der Waals surface area contributed by atoms with Gasteiger partial charge in [0.25, 0.3) is 5.91 Å². The molecule has 8 nitrogen and oxygen atoms in total. The van der Waals surface area contributed by atoms with Gasteiger partial charge in [-0.1, -0.05) is 17.7 Å². The number of sulfonamides is 1. The number of carbonyl (C=O) groups is 2. The van der Waals surface area contributed by atoms with E-state index in [2.05, 4.69) is 10.6 Å². The molecule has 0 aromatic heterocycles. The van der Waals surface area contributed by atoms with Gasteiger partial charge in [0.1, 0.15) is 5.75 Å². The first-order valence-corrected chi connectivity index (χ1v) is 12.6. The monoisotopic (exact) mass is 491 g/mol. The summed E-state index contributed by atoms with van der Waals surface area (Å²) >= 11 is 6.23. The number of piperidine rings is 1. The molecule has 1 saturated heterocycles. The first-order chi connectivity index (χ1) is 15.6. The molecule has 176 valence electrons. The number of anilines is 2. The summed E-state index contributed by atoms with van der Waals surface area (Å²) < 4.78 is 33.9. The maximum Gasteiger partial charge on any atom is 0.265 e. The molecule has 2 atom stereocenters. The van der Waals surface area contributed by atoms with E-state index in [1.165, 1.54) is 10.4 Å². The smallest absolute Gasteiger partial charge is 0.265 e. The Kier molecular flexibility index (Phi) is 6.39. The predicted octanol–water partition coefficient (Wildman–Crippen LogP) is 3.72. The molecule has 2 N–H and O–H groups in total. The number of nitrogens with one attached hydrogen (secondary N) is 2. The molecule has 1 fully saturated rings. The lowest BCUT2D eigenvalue weighted by molar-refractivity contribution is -0.123. The van der Waals surface area contributed by atoms with Crippen molar-refractivity contribution in [3.63, 3.8) is 0 Å². The van der Waals surface area contributed by atoms with Crippen molar-refractivity contribution < 1.29 is 22.7 Å². The number of nitrogens with zero attached hydrogens (tertiary/aromatic N) is 1. The number of benzene rings is 2. The van der Waals surface area contributed by atoms with Crippen molar-refractivity contribution in [3.8, 4) is 5.75 Å². The first-order valence-electron chi connectivity index (χ1n) is 10.8. The Balaban J connectivity index is 1.54. The second-order valence-electron chi connectivity index (χ2n) is 8.54. The number of hydrogen-bond acceptors (Lipinski definition) is 5. The van der Waals surface area contributed by atoms with Crippen molar-refractivity contribution in [2.45, 2.75) is 44.6 Å². The van der Waals surface area contributed by atoms with Crippen LogP contribution in [0.4, 0.5) is 11.4 Å². The molecule has 0 radical (unpaired) electrons. The van der Waals surface area contributed by atoms with Crippen LogP contribution >= 0.6 is 11.6 Å². The highest BCUT2D eigenvalue weighted by atomic mass is 35.5. The largest absolute Gasteiger partial charge is 0.479 e. The molecular weight excluding hydrogens is 466 g/mol. The molecular formula is C23H26ClN3O5S. The molecule has 2 heterocycles. The van der Waals surface area contributed by atoms with Gasteiger partial charge in [-0.05, 0) is 62.9 Å². The number of amides is 2. The van der Waals surface area contributed by atoms with Gasteiger partial charge in [0.15, 0.2) is 6.10 Å². The molecule has 0 bridgehead atoms. The van der Waals surface area contributed by atoms with E-state index in [9.17, 15) is 18.0 Å². The van der Waals surface area contributed by atoms with Crippen molar-refractivity contribution in [1.82, 2.24) is 4.31 Å². The Labute approximate surface area is 198 Å². The lowest BCUT2D eigenvalue weighted by atomic mass is 9.98. The van der Waals surface area contributed by atoms with Gasteiger partial charge in [0, 0.05) is 19.2 Å². The van der Waals surface area contributed by atoms with Crippen LogP contribution in [0.5, 0.6) is 5.75 Å². The number of aryl methyl sites for hydroxylation is 2. The van der Waals surface area contributed by atoms with E-state index in [1.54, 1.807) is 32.0 Å². The Morgan fingerprint density at radius 1 is 1.24 bits per heavy atom. The highest BCUT2D eigenvalue weighted by Gasteiger charge is 2.35. The third kappa shape index (κ3) is 4.71. The van der Waals surface area contributed by atoms with E-state index in [-0.39, 0.29) is 23.3 Å². The third-order valence-corrected chi connectivity index (χ3v) is 8.28. The molecule has 2 aliphatic heterocycles. The van der Waals surface area contributed by atoms with Gasteiger partial charge >= 0.3 is 0 Å². The van der Waals surface area contributed by atoms with Crippen LogP contribution in [-0.4, -0.2) is 43.7 Å². The molecule has 2 aromatic carbocycles. The van der Waals surface area contributed by atoms with Gasteiger partial charge < -0.3 is 15.4 Å². The van der Waals surface area contributed by atoms with Crippen LogP contribution in [0, 0.1) is 19.8 Å². The lowest BCUT2D eigenvalue weighted by Crippen LogP contribution is -2.44. The molecule has 2 aliphatic rings. The van der Waals surface area contributed by atoms with Gasteiger partial charge in [0.05, 0.1) is 27.2 Å². The average Bonchev–Trinajstić information content (AvgIpc) is 2.76. The van der Waals surface area contributed by atoms with Crippen molar-refractivity contribution in [2.75, 3.05) is 23.7 Å². The zero-order valence-corrected chi connectivity index (χ0v) is 20.2. The fourth-order valence-electron chi connectivity index (χ4n) is 4.09. The predicted molar refractivity (Wildman–Crippen MR) is 126 cm³/mol. The number of carbonyl (C=O) groups excluding carboxylic acids is 2. The summed E-state index contributed by atoms with van der Waals surface area (Å²) in [5.74, 6) is -0.732. The summed E-state index contributed by atoms with van der Waals surface area (Å²) in [6, 6.07) is 8.40. The van der Waals surface area contributed by atoms with Gasteiger partial charge in [-0.25, -0.2) is 8.42 Å². The number of rotatable bonds is 4. The number of hydrogen-bond donors (Lipinski definition) is 2. The molecule has 33 heavy (non-hydrogen) atoms. The van der Waals surface area contributed by atoms with Crippen molar-refractivity contribution in [3.05, 3.63) is 46.5 Å². The highest BCUT2D eigenvalue weighted by Crippen LogP contribution is 2.36. The zero-order chi connectivity index (χ0) is 23.9. The Morgan fingerprint density at radius 2 is 2.00 bits per heavy atom. The Hall–Kier alpha value is -2.62. The molecule has 2 aromatic rings. The van der Waals surface area contributed by atoms with Crippen molar-refractivity contribution >= 4 is 44.8 Å². The minimum Gasteiger partial charge on any atom is -0.479 e. The number of fused-ring (bicyclic) bond motifs is 1. The van der Waals surface area contributed by atoms with Crippen LogP contribution in [0.25, 0.3) is 0 Å². The molecule has 4 rings (SSSR count). The standard InChI is InChI=1S/C23H26ClN3O5S/c1-13-6-7-18(17(24)9-13)25-23(29)16-5-4-8-27(12-16)33(30,31)21-11-20-19(10-14(21)2)26-22(28)15(3)32-20/h6-7,9-11,15-16H,4-5,8,12H2,1-3H3,(H,25,29)(H,26,28)/t15-,16-/m0/s1. The molecule has 10 heteroatoms. The maximum absolute atomic E-state index is 13.5. The quantitative estimate of drug-likeness (QED) is 0.678. The number of halogens is 1. The number of ether oxygens (including phenoxy) is 1. The van der Waals surface area contributed by atoms with Crippen LogP contribution in [0.2, 0.25) is 5.02 Å². The van der Waals surface area contributed by atoms with Crippen LogP contribution < -0.4 is 15.4 Å². The molecule has 2 amide bonds. The van der Waals surface area contributed by atoms with E-state index < -0.39 is 22.0 Å². The topological polar surface area (TPSA) is 105 Å². The van der Waals surface area contributed by atoms with E-state index >= 15 is 0 Å². The van der Waals surface area contributed by atoms with Gasteiger partial charge in [-0.2, -0.15) is 4.31 Å². The van der Waals surface area contributed by atoms with E-state index in [0.29, 0.717) is 47.1 Å². The molecule has 0 unspecified atom stereocenters. The highest BCUT2D eigenvalue weighted by molar-refractivity contribution is 7.89.